The fourth-order valence-electron chi connectivity index (χ4n) is 3.41. The number of carbonyl (C=O) groups excluding carboxylic acids is 2. The maximum Gasteiger partial charge on any atom is 0.307 e. The van der Waals surface area contributed by atoms with Gasteiger partial charge in [0.15, 0.2) is 11.5 Å². The van der Waals surface area contributed by atoms with Gasteiger partial charge in [0, 0.05) is 6.54 Å². The number of hydrogen-bond donors (Lipinski definition) is 0. The molecule has 3 rings (SSSR count). The number of ether oxygens (including phenoxy) is 3. The molecule has 1 aliphatic rings. The summed E-state index contributed by atoms with van der Waals surface area (Å²) in [5.41, 5.74) is 3.24. The highest BCUT2D eigenvalue weighted by atomic mass is 32.2. The molecule has 1 amide bonds. The number of rotatable bonds is 9. The van der Waals surface area contributed by atoms with E-state index in [1.807, 2.05) is 25.1 Å². The average Bonchev–Trinajstić information content (AvgIpc) is 3.08. The first-order chi connectivity index (χ1) is 16.6. The SMILES string of the molecule is CCOc1cc(/C=C2/SC(=S)N(CCC(=O)OC)C2=O)ccc1OCc1ccc(C(C)(C)C)cc1. The highest BCUT2D eigenvalue weighted by Gasteiger charge is 2.32. The van der Waals surface area contributed by atoms with E-state index in [0.717, 1.165) is 11.1 Å². The van der Waals surface area contributed by atoms with Gasteiger partial charge in [0.05, 0.1) is 25.0 Å². The van der Waals surface area contributed by atoms with Crippen molar-refractivity contribution in [2.45, 2.75) is 46.1 Å². The quantitative estimate of drug-likeness (QED) is 0.241. The number of benzene rings is 2. The van der Waals surface area contributed by atoms with Crippen LogP contribution in [0.4, 0.5) is 0 Å². The Kier molecular flexibility index (Phi) is 8.97. The van der Waals surface area contributed by atoms with Crippen molar-refractivity contribution >= 4 is 46.3 Å². The van der Waals surface area contributed by atoms with E-state index in [-0.39, 0.29) is 30.3 Å². The summed E-state index contributed by atoms with van der Waals surface area (Å²) in [6.07, 6.45) is 1.87. The molecule has 1 saturated heterocycles. The minimum Gasteiger partial charge on any atom is -0.490 e. The van der Waals surface area contributed by atoms with Crippen LogP contribution in [0.2, 0.25) is 0 Å². The van der Waals surface area contributed by atoms with Gasteiger partial charge in [-0.3, -0.25) is 14.5 Å². The molecule has 1 aliphatic heterocycles. The van der Waals surface area contributed by atoms with E-state index in [4.69, 9.17) is 21.7 Å². The van der Waals surface area contributed by atoms with Crippen LogP contribution >= 0.6 is 24.0 Å². The Bertz CT molecular complexity index is 1120. The Balaban J connectivity index is 1.72. The number of thiocarbonyl (C=S) groups is 1. The molecule has 0 aromatic heterocycles. The van der Waals surface area contributed by atoms with Crippen molar-refractivity contribution < 1.29 is 23.8 Å². The standard InChI is InChI=1S/C27H31NO5S2/c1-6-32-22-15-19(16-23-25(30)28(26(34)35-23)14-13-24(29)31-5)9-12-21(22)33-17-18-7-10-20(11-8-18)27(2,3)4/h7-12,15-16H,6,13-14,17H2,1-5H3/b23-16+. The molecule has 1 fully saturated rings. The van der Waals surface area contributed by atoms with E-state index < -0.39 is 0 Å². The number of hydrogen-bond acceptors (Lipinski definition) is 7. The minimum absolute atomic E-state index is 0.0929. The van der Waals surface area contributed by atoms with Crippen molar-refractivity contribution in [1.82, 2.24) is 4.90 Å². The van der Waals surface area contributed by atoms with Gasteiger partial charge in [0.2, 0.25) is 0 Å². The monoisotopic (exact) mass is 513 g/mol. The minimum atomic E-state index is -0.384. The molecule has 0 radical (unpaired) electrons. The van der Waals surface area contributed by atoms with E-state index in [1.165, 1.54) is 29.3 Å². The van der Waals surface area contributed by atoms with Crippen LogP contribution in [0.25, 0.3) is 6.08 Å². The fraction of sp³-hybridized carbons (Fsp3) is 0.370. The van der Waals surface area contributed by atoms with Gasteiger partial charge in [-0.05, 0) is 47.2 Å². The van der Waals surface area contributed by atoms with Gasteiger partial charge < -0.3 is 14.2 Å². The van der Waals surface area contributed by atoms with Gasteiger partial charge in [-0.15, -0.1) is 0 Å². The second kappa shape index (κ2) is 11.7. The van der Waals surface area contributed by atoms with Crippen LogP contribution in [-0.4, -0.2) is 41.4 Å². The van der Waals surface area contributed by atoms with Crippen LogP contribution in [0.1, 0.15) is 50.8 Å². The van der Waals surface area contributed by atoms with Crippen LogP contribution in [-0.2, 0) is 26.3 Å². The lowest BCUT2D eigenvalue weighted by Crippen LogP contribution is -2.30. The van der Waals surface area contributed by atoms with Crippen molar-refractivity contribution in [2.24, 2.45) is 0 Å². The van der Waals surface area contributed by atoms with Crippen LogP contribution in [0.15, 0.2) is 47.4 Å². The van der Waals surface area contributed by atoms with Gasteiger partial charge in [0.25, 0.3) is 5.91 Å². The Hall–Kier alpha value is -2.84. The predicted octanol–water partition coefficient (Wildman–Crippen LogP) is 5.73. The zero-order valence-corrected chi connectivity index (χ0v) is 22.4. The molecule has 0 saturated carbocycles. The molecule has 35 heavy (non-hydrogen) atoms. The molecular formula is C27H31NO5S2. The van der Waals surface area contributed by atoms with Crippen LogP contribution in [0.3, 0.4) is 0 Å². The largest absolute Gasteiger partial charge is 0.490 e. The Morgan fingerprint density at radius 1 is 1.09 bits per heavy atom. The Morgan fingerprint density at radius 2 is 1.80 bits per heavy atom. The Labute approximate surface area is 216 Å². The van der Waals surface area contributed by atoms with Crippen LogP contribution in [0, 0.1) is 0 Å². The van der Waals surface area contributed by atoms with E-state index in [9.17, 15) is 9.59 Å². The summed E-state index contributed by atoms with van der Waals surface area (Å²) in [7, 11) is 1.32. The number of nitrogens with zero attached hydrogens (tertiary/aromatic N) is 1. The summed E-state index contributed by atoms with van der Waals surface area (Å²) < 4.78 is 16.9. The van der Waals surface area contributed by atoms with Crippen LogP contribution < -0.4 is 9.47 Å². The van der Waals surface area contributed by atoms with Crippen molar-refractivity contribution in [3.8, 4) is 11.5 Å². The number of carbonyl (C=O) groups is 2. The topological polar surface area (TPSA) is 65.1 Å². The lowest BCUT2D eigenvalue weighted by molar-refractivity contribution is -0.140. The van der Waals surface area contributed by atoms with Crippen molar-refractivity contribution in [1.29, 1.82) is 0 Å². The zero-order chi connectivity index (χ0) is 25.6. The molecule has 0 spiro atoms. The molecule has 2 aromatic carbocycles. The van der Waals surface area contributed by atoms with E-state index in [2.05, 4.69) is 49.8 Å². The number of thioether (sulfide) groups is 1. The molecular weight excluding hydrogens is 482 g/mol. The second-order valence-corrected chi connectivity index (χ2v) is 10.7. The van der Waals surface area contributed by atoms with Crippen molar-refractivity contribution in [2.75, 3.05) is 20.3 Å². The van der Waals surface area contributed by atoms with Crippen LogP contribution in [0.5, 0.6) is 11.5 Å². The zero-order valence-electron chi connectivity index (χ0n) is 20.8. The fourth-order valence-corrected chi connectivity index (χ4v) is 4.72. The highest BCUT2D eigenvalue weighted by Crippen LogP contribution is 2.35. The molecule has 2 aromatic rings. The molecule has 0 unspecified atom stereocenters. The third-order valence-corrected chi connectivity index (χ3v) is 6.80. The maximum absolute atomic E-state index is 12.8. The third kappa shape index (κ3) is 7.08. The number of methoxy groups -OCH3 is 1. The molecule has 1 heterocycles. The molecule has 186 valence electrons. The van der Waals surface area contributed by atoms with Crippen molar-refractivity contribution in [3.63, 3.8) is 0 Å². The number of esters is 1. The van der Waals surface area contributed by atoms with E-state index in [0.29, 0.717) is 33.9 Å². The van der Waals surface area contributed by atoms with Gasteiger partial charge in [-0.25, -0.2) is 0 Å². The molecule has 8 heteroatoms. The lowest BCUT2D eigenvalue weighted by Gasteiger charge is -2.19. The maximum atomic E-state index is 12.8. The summed E-state index contributed by atoms with van der Waals surface area (Å²) in [5, 5.41) is 0. The first kappa shape index (κ1) is 26.8. The molecule has 6 nitrogen and oxygen atoms in total. The summed E-state index contributed by atoms with van der Waals surface area (Å²) in [4.78, 5) is 26.1. The first-order valence-electron chi connectivity index (χ1n) is 11.4. The first-order valence-corrected chi connectivity index (χ1v) is 12.7. The Morgan fingerprint density at radius 3 is 2.43 bits per heavy atom. The highest BCUT2D eigenvalue weighted by molar-refractivity contribution is 8.26. The van der Waals surface area contributed by atoms with E-state index in [1.54, 1.807) is 6.08 Å². The molecule has 0 atom stereocenters. The normalized spacial score (nSPS) is 15.0. The summed E-state index contributed by atoms with van der Waals surface area (Å²) in [5.74, 6) is 0.634. The third-order valence-electron chi connectivity index (χ3n) is 5.42. The van der Waals surface area contributed by atoms with Gasteiger partial charge in [-0.1, -0.05) is 75.1 Å². The predicted molar refractivity (Wildman–Crippen MR) is 144 cm³/mol. The van der Waals surface area contributed by atoms with E-state index >= 15 is 0 Å². The summed E-state index contributed by atoms with van der Waals surface area (Å²) >= 11 is 6.54. The lowest BCUT2D eigenvalue weighted by atomic mass is 9.87. The second-order valence-electron chi connectivity index (χ2n) is 9.03. The van der Waals surface area contributed by atoms with Gasteiger partial charge >= 0.3 is 5.97 Å². The smallest absolute Gasteiger partial charge is 0.307 e. The summed E-state index contributed by atoms with van der Waals surface area (Å²) in [6, 6.07) is 14.0. The van der Waals surface area contributed by atoms with Gasteiger partial charge in [-0.2, -0.15) is 0 Å². The number of amides is 1. The average molecular weight is 514 g/mol. The summed E-state index contributed by atoms with van der Waals surface area (Å²) in [6.45, 7) is 9.58. The molecule has 0 N–H and O–H groups in total. The van der Waals surface area contributed by atoms with Gasteiger partial charge in [0.1, 0.15) is 10.9 Å². The molecule has 0 bridgehead atoms. The molecule has 0 aliphatic carbocycles. The van der Waals surface area contributed by atoms with Crippen molar-refractivity contribution in [3.05, 3.63) is 64.1 Å².